The molecule has 15 heavy (non-hydrogen) atoms. The first-order chi connectivity index (χ1) is 7.25. The van der Waals surface area contributed by atoms with Crippen molar-refractivity contribution in [2.24, 2.45) is 0 Å². The molecule has 1 saturated heterocycles. The van der Waals surface area contributed by atoms with Crippen molar-refractivity contribution in [1.29, 1.82) is 0 Å². The van der Waals surface area contributed by atoms with Gasteiger partial charge in [0.2, 0.25) is 0 Å². The lowest BCUT2D eigenvalue weighted by Gasteiger charge is -2.24. The summed E-state index contributed by atoms with van der Waals surface area (Å²) >= 11 is 6.10. The van der Waals surface area contributed by atoms with Crippen LogP contribution in [-0.2, 0) is 0 Å². The Morgan fingerprint density at radius 3 is 3.00 bits per heavy atom. The Kier molecular flexibility index (Phi) is 3.49. The van der Waals surface area contributed by atoms with Crippen molar-refractivity contribution in [2.75, 3.05) is 13.1 Å². The molecule has 1 aliphatic heterocycles. The van der Waals surface area contributed by atoms with Crippen molar-refractivity contribution in [3.05, 3.63) is 28.8 Å². The average molecular weight is 226 g/mol. The smallest absolute Gasteiger partial charge is 0.138 e. The summed E-state index contributed by atoms with van der Waals surface area (Å²) in [5.74, 6) is 0.802. The summed E-state index contributed by atoms with van der Waals surface area (Å²) in [4.78, 5) is 0. The lowest BCUT2D eigenvalue weighted by molar-refractivity contribution is 0.167. The molecule has 3 heteroatoms. The number of aryl methyl sites for hydroxylation is 1. The zero-order chi connectivity index (χ0) is 10.7. The molecule has 0 saturated carbocycles. The number of piperidine rings is 1. The van der Waals surface area contributed by atoms with E-state index in [2.05, 4.69) is 5.32 Å². The first-order valence-corrected chi connectivity index (χ1v) is 5.77. The van der Waals surface area contributed by atoms with Crippen LogP contribution in [0.1, 0.15) is 18.4 Å². The maximum atomic E-state index is 6.10. The molecule has 1 unspecified atom stereocenters. The molecule has 0 radical (unpaired) electrons. The highest BCUT2D eigenvalue weighted by atomic mass is 35.5. The van der Waals surface area contributed by atoms with Gasteiger partial charge in [-0.25, -0.2) is 0 Å². The quantitative estimate of drug-likeness (QED) is 0.836. The number of benzene rings is 1. The Balaban J connectivity index is 2.03. The molecule has 1 N–H and O–H groups in total. The first-order valence-electron chi connectivity index (χ1n) is 5.39. The van der Waals surface area contributed by atoms with Gasteiger partial charge in [-0.15, -0.1) is 0 Å². The van der Waals surface area contributed by atoms with Crippen LogP contribution in [0.15, 0.2) is 18.2 Å². The van der Waals surface area contributed by atoms with Crippen LogP contribution in [0.2, 0.25) is 5.02 Å². The molecule has 1 fully saturated rings. The molecule has 1 aromatic carbocycles. The van der Waals surface area contributed by atoms with Gasteiger partial charge in [-0.3, -0.25) is 0 Å². The van der Waals surface area contributed by atoms with Crippen LogP contribution in [-0.4, -0.2) is 19.2 Å². The molecular weight excluding hydrogens is 210 g/mol. The number of rotatable bonds is 2. The van der Waals surface area contributed by atoms with E-state index >= 15 is 0 Å². The van der Waals surface area contributed by atoms with Crippen molar-refractivity contribution >= 4 is 11.6 Å². The SMILES string of the molecule is Cc1ccc(OC2CCCNC2)c(Cl)c1. The summed E-state index contributed by atoms with van der Waals surface area (Å²) in [6.07, 6.45) is 2.55. The second-order valence-electron chi connectivity index (χ2n) is 4.02. The Morgan fingerprint density at radius 2 is 2.33 bits per heavy atom. The normalized spacial score (nSPS) is 21.3. The minimum Gasteiger partial charge on any atom is -0.488 e. The van der Waals surface area contributed by atoms with E-state index in [1.165, 1.54) is 6.42 Å². The van der Waals surface area contributed by atoms with Gasteiger partial charge in [0.15, 0.2) is 0 Å². The molecule has 0 bridgehead atoms. The third-order valence-corrected chi connectivity index (χ3v) is 2.93. The van der Waals surface area contributed by atoms with Crippen LogP contribution in [0.4, 0.5) is 0 Å². The lowest BCUT2D eigenvalue weighted by atomic mass is 10.1. The number of nitrogens with one attached hydrogen (secondary N) is 1. The van der Waals surface area contributed by atoms with Gasteiger partial charge in [0.1, 0.15) is 11.9 Å². The van der Waals surface area contributed by atoms with Crippen LogP contribution in [0.25, 0.3) is 0 Å². The van der Waals surface area contributed by atoms with Crippen LogP contribution in [0.5, 0.6) is 5.75 Å². The molecule has 1 aliphatic rings. The van der Waals surface area contributed by atoms with Gasteiger partial charge in [0, 0.05) is 6.54 Å². The molecule has 0 spiro atoms. The fourth-order valence-corrected chi connectivity index (χ4v) is 2.08. The molecule has 82 valence electrons. The average Bonchev–Trinajstić information content (AvgIpc) is 2.24. The summed E-state index contributed by atoms with van der Waals surface area (Å²) in [6, 6.07) is 5.91. The van der Waals surface area contributed by atoms with E-state index in [0.717, 1.165) is 30.8 Å². The maximum absolute atomic E-state index is 6.10. The summed E-state index contributed by atoms with van der Waals surface area (Å²) in [5, 5.41) is 4.03. The highest BCUT2D eigenvalue weighted by Crippen LogP contribution is 2.27. The van der Waals surface area contributed by atoms with Gasteiger partial charge >= 0.3 is 0 Å². The van der Waals surface area contributed by atoms with E-state index in [-0.39, 0.29) is 6.10 Å². The van der Waals surface area contributed by atoms with E-state index in [1.54, 1.807) is 0 Å². The molecule has 0 aromatic heterocycles. The third-order valence-electron chi connectivity index (χ3n) is 2.63. The molecule has 2 rings (SSSR count). The minimum atomic E-state index is 0.263. The molecule has 1 aromatic rings. The predicted octanol–water partition coefficient (Wildman–Crippen LogP) is 2.78. The Bertz CT molecular complexity index is 334. The van der Waals surface area contributed by atoms with E-state index in [1.807, 2.05) is 25.1 Å². The predicted molar refractivity (Wildman–Crippen MR) is 62.7 cm³/mol. The summed E-state index contributed by atoms with van der Waals surface area (Å²) < 4.78 is 5.85. The number of halogens is 1. The third kappa shape index (κ3) is 2.86. The van der Waals surface area contributed by atoms with Crippen LogP contribution in [0.3, 0.4) is 0 Å². The van der Waals surface area contributed by atoms with Crippen molar-refractivity contribution in [1.82, 2.24) is 5.32 Å². The van der Waals surface area contributed by atoms with Gasteiger partial charge in [-0.2, -0.15) is 0 Å². The lowest BCUT2D eigenvalue weighted by Crippen LogP contribution is -2.37. The second-order valence-corrected chi connectivity index (χ2v) is 4.43. The van der Waals surface area contributed by atoms with E-state index in [0.29, 0.717) is 5.02 Å². The topological polar surface area (TPSA) is 21.3 Å². The van der Waals surface area contributed by atoms with Gasteiger partial charge in [-0.1, -0.05) is 17.7 Å². The first kappa shape index (κ1) is 10.8. The Labute approximate surface area is 95.6 Å². The summed E-state index contributed by atoms with van der Waals surface area (Å²) in [7, 11) is 0. The Morgan fingerprint density at radius 1 is 1.47 bits per heavy atom. The van der Waals surface area contributed by atoms with Gasteiger partial charge in [0.05, 0.1) is 5.02 Å². The number of hydrogen-bond acceptors (Lipinski definition) is 2. The highest BCUT2D eigenvalue weighted by Gasteiger charge is 2.15. The zero-order valence-corrected chi connectivity index (χ0v) is 9.68. The largest absolute Gasteiger partial charge is 0.488 e. The number of ether oxygens (including phenoxy) is 1. The fraction of sp³-hybridized carbons (Fsp3) is 0.500. The highest BCUT2D eigenvalue weighted by molar-refractivity contribution is 6.32. The van der Waals surface area contributed by atoms with Crippen molar-refractivity contribution in [3.8, 4) is 5.75 Å². The van der Waals surface area contributed by atoms with Crippen LogP contribution in [0, 0.1) is 6.92 Å². The summed E-state index contributed by atoms with van der Waals surface area (Å²) in [6.45, 7) is 4.05. The molecule has 1 heterocycles. The molecule has 2 nitrogen and oxygen atoms in total. The second kappa shape index (κ2) is 4.86. The van der Waals surface area contributed by atoms with Crippen LogP contribution >= 0.6 is 11.6 Å². The van der Waals surface area contributed by atoms with Gasteiger partial charge in [0.25, 0.3) is 0 Å². The summed E-state index contributed by atoms with van der Waals surface area (Å²) in [5.41, 5.74) is 1.16. The van der Waals surface area contributed by atoms with Crippen molar-refractivity contribution < 1.29 is 4.74 Å². The van der Waals surface area contributed by atoms with E-state index in [4.69, 9.17) is 16.3 Å². The number of hydrogen-bond donors (Lipinski definition) is 1. The Hall–Kier alpha value is -0.730. The van der Waals surface area contributed by atoms with Crippen molar-refractivity contribution in [2.45, 2.75) is 25.9 Å². The molecule has 1 atom stereocenters. The zero-order valence-electron chi connectivity index (χ0n) is 8.92. The van der Waals surface area contributed by atoms with Crippen LogP contribution < -0.4 is 10.1 Å². The molecule has 0 aliphatic carbocycles. The standard InChI is InChI=1S/C12H16ClNO/c1-9-4-5-12(11(13)7-9)15-10-3-2-6-14-8-10/h4-5,7,10,14H,2-3,6,8H2,1H3. The van der Waals surface area contributed by atoms with E-state index in [9.17, 15) is 0 Å². The van der Waals surface area contributed by atoms with Crippen molar-refractivity contribution in [3.63, 3.8) is 0 Å². The van der Waals surface area contributed by atoms with Gasteiger partial charge in [-0.05, 0) is 44.0 Å². The maximum Gasteiger partial charge on any atom is 0.138 e. The molecular formula is C12H16ClNO. The fourth-order valence-electron chi connectivity index (χ4n) is 1.80. The molecule has 0 amide bonds. The van der Waals surface area contributed by atoms with E-state index < -0.39 is 0 Å². The minimum absolute atomic E-state index is 0.263. The monoisotopic (exact) mass is 225 g/mol. The van der Waals surface area contributed by atoms with Gasteiger partial charge < -0.3 is 10.1 Å².